The Kier molecular flexibility index (Phi) is 6.68. The summed E-state index contributed by atoms with van der Waals surface area (Å²) in [6.07, 6.45) is 1.35. The van der Waals surface area contributed by atoms with E-state index in [1.165, 1.54) is 49.8 Å². The molecule has 1 aromatic carbocycles. The number of piperidine rings is 1. The number of carbonyl (C=O) groups is 2. The quantitative estimate of drug-likeness (QED) is 0.697. The van der Waals surface area contributed by atoms with Gasteiger partial charge in [-0.3, -0.25) is 14.4 Å². The number of rotatable bonds is 6. The van der Waals surface area contributed by atoms with Crippen LogP contribution in [0.25, 0.3) is 0 Å². The van der Waals surface area contributed by atoms with Crippen molar-refractivity contribution < 1.29 is 22.8 Å². The van der Waals surface area contributed by atoms with Gasteiger partial charge < -0.3 is 10.2 Å². The van der Waals surface area contributed by atoms with E-state index in [-0.39, 0.29) is 22.8 Å². The van der Waals surface area contributed by atoms with Gasteiger partial charge in [0, 0.05) is 42.7 Å². The van der Waals surface area contributed by atoms with Crippen LogP contribution in [-0.4, -0.2) is 62.9 Å². The summed E-state index contributed by atoms with van der Waals surface area (Å²) in [6.45, 7) is 1.06. The molecule has 0 saturated carbocycles. The lowest BCUT2D eigenvalue weighted by Gasteiger charge is -2.32. The van der Waals surface area contributed by atoms with Gasteiger partial charge in [-0.1, -0.05) is 4.47 Å². The summed E-state index contributed by atoms with van der Waals surface area (Å²) in [4.78, 5) is 31.4. The monoisotopic (exact) mass is 437 g/mol. The van der Waals surface area contributed by atoms with E-state index in [1.54, 1.807) is 11.0 Å². The highest BCUT2D eigenvalue weighted by molar-refractivity contribution is 7.89. The van der Waals surface area contributed by atoms with Crippen LogP contribution in [0.15, 0.2) is 46.0 Å². The Hall–Kier alpha value is -2.27. The molecule has 2 aromatic rings. The molecule has 1 saturated heterocycles. The molecule has 1 aliphatic heterocycles. The summed E-state index contributed by atoms with van der Waals surface area (Å²) in [5.41, 5.74) is 1.08. The fourth-order valence-electron chi connectivity index (χ4n) is 3.09. The van der Waals surface area contributed by atoms with E-state index in [4.69, 9.17) is 4.84 Å². The molecule has 0 bridgehead atoms. The Bertz CT molecular complexity index is 950. The molecule has 1 fully saturated rings. The standard InChI is InChI=1S/C19H23N3O5S2/c1-21(27-2)29(25,26)17-5-3-14(4-6-17)19(24)22-10-7-16(8-11-22)20-18(23)15-9-12-28-13-15/h3-6,9,12-13,16H,7-8,10-11H2,1-2H3,(H,20,23). The van der Waals surface area contributed by atoms with Gasteiger partial charge in [0.15, 0.2) is 0 Å². The number of hydrogen-bond acceptors (Lipinski definition) is 6. The SMILES string of the molecule is CON(C)S(=O)(=O)c1ccc(C(=O)N2CCC(NC(=O)c3ccsc3)CC2)cc1. The first-order chi connectivity index (χ1) is 13.8. The molecule has 10 heteroatoms. The molecular weight excluding hydrogens is 414 g/mol. The van der Waals surface area contributed by atoms with Gasteiger partial charge in [0.1, 0.15) is 0 Å². The summed E-state index contributed by atoms with van der Waals surface area (Å²) >= 11 is 1.48. The number of benzene rings is 1. The van der Waals surface area contributed by atoms with Crippen molar-refractivity contribution in [3.63, 3.8) is 0 Å². The first-order valence-electron chi connectivity index (χ1n) is 9.08. The summed E-state index contributed by atoms with van der Waals surface area (Å²) in [6, 6.07) is 7.61. The second-order valence-corrected chi connectivity index (χ2v) is 9.39. The smallest absolute Gasteiger partial charge is 0.264 e. The van der Waals surface area contributed by atoms with Crippen LogP contribution in [0, 0.1) is 0 Å². The molecule has 2 heterocycles. The molecule has 0 radical (unpaired) electrons. The van der Waals surface area contributed by atoms with Crippen molar-refractivity contribution in [2.24, 2.45) is 0 Å². The van der Waals surface area contributed by atoms with E-state index in [9.17, 15) is 18.0 Å². The van der Waals surface area contributed by atoms with Crippen LogP contribution >= 0.6 is 11.3 Å². The number of thiophene rings is 1. The lowest BCUT2D eigenvalue weighted by Crippen LogP contribution is -2.46. The van der Waals surface area contributed by atoms with E-state index in [0.717, 1.165) is 4.47 Å². The van der Waals surface area contributed by atoms with Gasteiger partial charge in [0.05, 0.1) is 12.0 Å². The number of sulfonamides is 1. The number of nitrogens with zero attached hydrogens (tertiary/aromatic N) is 2. The maximum Gasteiger partial charge on any atom is 0.264 e. The van der Waals surface area contributed by atoms with Crippen LogP contribution in [0.3, 0.4) is 0 Å². The van der Waals surface area contributed by atoms with Crippen LogP contribution in [0.2, 0.25) is 0 Å². The third-order valence-corrected chi connectivity index (χ3v) is 7.27. The van der Waals surface area contributed by atoms with Crippen molar-refractivity contribution in [3.8, 4) is 0 Å². The van der Waals surface area contributed by atoms with Gasteiger partial charge in [-0.25, -0.2) is 8.42 Å². The Morgan fingerprint density at radius 3 is 2.34 bits per heavy atom. The minimum absolute atomic E-state index is 0.0311. The third kappa shape index (κ3) is 4.84. The molecule has 29 heavy (non-hydrogen) atoms. The predicted octanol–water partition coefficient (Wildman–Crippen LogP) is 1.96. The Morgan fingerprint density at radius 1 is 1.14 bits per heavy atom. The number of amides is 2. The molecule has 3 rings (SSSR count). The molecule has 0 aliphatic carbocycles. The third-order valence-electron chi connectivity index (χ3n) is 4.90. The lowest BCUT2D eigenvalue weighted by molar-refractivity contribution is -0.0258. The first kappa shape index (κ1) is 21.4. The highest BCUT2D eigenvalue weighted by atomic mass is 32.2. The van der Waals surface area contributed by atoms with Crippen molar-refractivity contribution in [1.29, 1.82) is 0 Å². The fraction of sp³-hybridized carbons (Fsp3) is 0.368. The molecule has 0 unspecified atom stereocenters. The van der Waals surface area contributed by atoms with Crippen LogP contribution < -0.4 is 5.32 Å². The molecular formula is C19H23N3O5S2. The molecule has 1 N–H and O–H groups in total. The molecule has 1 aliphatic rings. The summed E-state index contributed by atoms with van der Waals surface area (Å²) < 4.78 is 25.2. The average molecular weight is 438 g/mol. The van der Waals surface area contributed by atoms with Crippen molar-refractivity contribution in [3.05, 3.63) is 52.2 Å². The number of likely N-dealkylation sites (tertiary alicyclic amines) is 1. The van der Waals surface area contributed by atoms with Crippen molar-refractivity contribution in [2.45, 2.75) is 23.8 Å². The molecule has 156 valence electrons. The molecule has 2 amide bonds. The molecule has 8 nitrogen and oxygen atoms in total. The summed E-state index contributed by atoms with van der Waals surface area (Å²) in [5.74, 6) is -0.245. The zero-order valence-electron chi connectivity index (χ0n) is 16.2. The number of hydrogen-bond donors (Lipinski definition) is 1. The van der Waals surface area contributed by atoms with Crippen LogP contribution in [0.4, 0.5) is 0 Å². The fourth-order valence-corrected chi connectivity index (χ4v) is 4.70. The number of hydroxylamine groups is 1. The van der Waals surface area contributed by atoms with Gasteiger partial charge in [-0.2, -0.15) is 11.3 Å². The van der Waals surface area contributed by atoms with Crippen LogP contribution in [0.5, 0.6) is 0 Å². The van der Waals surface area contributed by atoms with Crippen molar-refractivity contribution in [2.75, 3.05) is 27.2 Å². The molecule has 1 aromatic heterocycles. The topological polar surface area (TPSA) is 96.0 Å². The molecule has 0 spiro atoms. The minimum atomic E-state index is -3.75. The van der Waals surface area contributed by atoms with Gasteiger partial charge in [-0.15, -0.1) is 0 Å². The van der Waals surface area contributed by atoms with E-state index in [2.05, 4.69) is 5.32 Å². The highest BCUT2D eigenvalue weighted by Crippen LogP contribution is 2.18. The highest BCUT2D eigenvalue weighted by Gasteiger charge is 2.26. The summed E-state index contributed by atoms with van der Waals surface area (Å²) in [7, 11) is -1.18. The van der Waals surface area contributed by atoms with Crippen molar-refractivity contribution in [1.82, 2.24) is 14.7 Å². The van der Waals surface area contributed by atoms with Crippen LogP contribution in [0.1, 0.15) is 33.6 Å². The predicted molar refractivity (Wildman–Crippen MR) is 109 cm³/mol. The Labute approximate surface area is 174 Å². The first-order valence-corrected chi connectivity index (χ1v) is 11.5. The Morgan fingerprint density at radius 2 is 1.79 bits per heavy atom. The number of nitrogens with one attached hydrogen (secondary N) is 1. The zero-order valence-corrected chi connectivity index (χ0v) is 17.8. The van der Waals surface area contributed by atoms with Gasteiger partial charge in [0.2, 0.25) is 0 Å². The second-order valence-electron chi connectivity index (χ2n) is 6.67. The van der Waals surface area contributed by atoms with Gasteiger partial charge >= 0.3 is 0 Å². The largest absolute Gasteiger partial charge is 0.349 e. The van der Waals surface area contributed by atoms with Gasteiger partial charge in [-0.05, 0) is 48.6 Å². The summed E-state index contributed by atoms with van der Waals surface area (Å²) in [5, 5.41) is 6.68. The van der Waals surface area contributed by atoms with E-state index in [1.807, 2.05) is 10.8 Å². The van der Waals surface area contributed by atoms with Crippen molar-refractivity contribution >= 4 is 33.2 Å². The van der Waals surface area contributed by atoms with Gasteiger partial charge in [0.25, 0.3) is 21.8 Å². The molecule has 0 atom stereocenters. The Balaban J connectivity index is 1.57. The number of carbonyl (C=O) groups excluding carboxylic acids is 2. The minimum Gasteiger partial charge on any atom is -0.349 e. The normalized spacial score (nSPS) is 15.5. The van der Waals surface area contributed by atoms with E-state index in [0.29, 0.717) is 37.1 Å². The van der Waals surface area contributed by atoms with E-state index >= 15 is 0 Å². The lowest BCUT2D eigenvalue weighted by atomic mass is 10.0. The van der Waals surface area contributed by atoms with Crippen LogP contribution in [-0.2, 0) is 14.9 Å². The average Bonchev–Trinajstić information content (AvgIpc) is 3.28. The maximum atomic E-state index is 12.7. The van der Waals surface area contributed by atoms with E-state index < -0.39 is 10.0 Å². The maximum absolute atomic E-state index is 12.7. The zero-order chi connectivity index (χ0) is 21.0. The second kappa shape index (κ2) is 9.04.